The predicted octanol–water partition coefficient (Wildman–Crippen LogP) is 0.903. The second-order valence-corrected chi connectivity index (χ2v) is 3.59. The number of aryl methyl sites for hydroxylation is 1. The van der Waals surface area contributed by atoms with Crippen LogP contribution in [0, 0.1) is 11.6 Å². The van der Waals surface area contributed by atoms with Crippen LogP contribution in [0.2, 0.25) is 5.15 Å². The number of halogens is 2. The third-order valence-corrected chi connectivity index (χ3v) is 2.29. The molecule has 0 amide bonds. The van der Waals surface area contributed by atoms with Crippen molar-refractivity contribution in [3.05, 3.63) is 21.2 Å². The van der Waals surface area contributed by atoms with Gasteiger partial charge in [0.1, 0.15) is 16.5 Å². The number of carbonyl (C=O) groups is 1. The number of aromatic carboxylic acids is 1. The van der Waals surface area contributed by atoms with E-state index in [9.17, 15) is 13.2 Å². The Morgan fingerprint density at radius 3 is 2.47 bits per heavy atom. The summed E-state index contributed by atoms with van der Waals surface area (Å²) in [5.74, 6) is -1.22. The van der Waals surface area contributed by atoms with Crippen LogP contribution in [0.5, 0.6) is 0 Å². The predicted molar refractivity (Wildman–Crippen MR) is 54.7 cm³/mol. The van der Waals surface area contributed by atoms with E-state index >= 15 is 0 Å². The summed E-state index contributed by atoms with van der Waals surface area (Å²) in [6.45, 7) is 1.47. The lowest BCUT2D eigenvalue weighted by molar-refractivity contribution is 0.0695. The number of nitrogens with zero attached hydrogens (tertiary/aromatic N) is 1. The van der Waals surface area contributed by atoms with Gasteiger partial charge in [-0.05, 0) is 6.92 Å². The molecule has 9 heteroatoms. The molecule has 0 radical (unpaired) electrons. The molecule has 0 saturated carbocycles. The van der Waals surface area contributed by atoms with Crippen LogP contribution < -0.4 is 0 Å². The van der Waals surface area contributed by atoms with Crippen molar-refractivity contribution in [2.24, 2.45) is 0 Å². The van der Waals surface area contributed by atoms with Gasteiger partial charge in [-0.15, -0.1) is 12.4 Å². The number of H-pyrrole nitrogens is 1. The van der Waals surface area contributed by atoms with E-state index < -0.39 is 26.5 Å². The first-order valence-electron chi connectivity index (χ1n) is 3.35. The lowest BCUT2D eigenvalue weighted by Gasteiger charge is -1.98. The molecular formula is C6H6Cl2N2O4S. The molecule has 0 fully saturated rings. The van der Waals surface area contributed by atoms with Crippen molar-refractivity contribution >= 4 is 40.3 Å². The summed E-state index contributed by atoms with van der Waals surface area (Å²) in [7, 11) is -2.69. The number of aromatic nitrogens is 2. The molecule has 0 aliphatic rings. The van der Waals surface area contributed by atoms with Gasteiger partial charge < -0.3 is 10.1 Å². The minimum Gasteiger partial charge on any atom is -0.477 e. The van der Waals surface area contributed by atoms with Crippen molar-refractivity contribution in [1.82, 2.24) is 9.97 Å². The number of rotatable bonds is 1. The third kappa shape index (κ3) is 2.95. The van der Waals surface area contributed by atoms with Crippen LogP contribution >= 0.6 is 24.0 Å². The van der Waals surface area contributed by atoms with Gasteiger partial charge in [-0.25, -0.2) is 9.78 Å². The fraction of sp³-hybridized carbons (Fsp3) is 0.167. The second kappa shape index (κ2) is 5.15. The zero-order valence-electron chi connectivity index (χ0n) is 7.31. The Balaban J connectivity index is 0.00000196. The molecule has 1 heterocycles. The van der Waals surface area contributed by atoms with Gasteiger partial charge in [0.15, 0.2) is 4.64 Å². The van der Waals surface area contributed by atoms with E-state index in [1.54, 1.807) is 0 Å². The topological polar surface area (TPSA) is 100 Å². The molecular weight excluding hydrogens is 267 g/mol. The highest BCUT2D eigenvalue weighted by Crippen LogP contribution is 2.12. The molecule has 0 bridgehead atoms. The maximum Gasteiger partial charge on any atom is 0.342 e. The van der Waals surface area contributed by atoms with Crippen molar-refractivity contribution < 1.29 is 18.3 Å². The normalized spacial score (nSPS) is 9.20. The van der Waals surface area contributed by atoms with Crippen LogP contribution in [-0.2, 0) is 10.3 Å². The van der Waals surface area contributed by atoms with Gasteiger partial charge in [-0.3, -0.25) is 0 Å². The van der Waals surface area contributed by atoms with Crippen molar-refractivity contribution in [3.8, 4) is 0 Å². The van der Waals surface area contributed by atoms with E-state index in [2.05, 4.69) is 9.97 Å². The molecule has 0 aromatic carbocycles. The van der Waals surface area contributed by atoms with Crippen LogP contribution in [0.25, 0.3) is 0 Å². The lowest BCUT2D eigenvalue weighted by atomic mass is 10.3. The summed E-state index contributed by atoms with van der Waals surface area (Å²) in [6, 6.07) is 0. The lowest BCUT2D eigenvalue weighted by Crippen LogP contribution is -2.05. The summed E-state index contributed by atoms with van der Waals surface area (Å²) in [5.41, 5.74) is -0.550. The number of nitrogens with one attached hydrogen (secondary N) is 1. The molecule has 0 unspecified atom stereocenters. The summed E-state index contributed by atoms with van der Waals surface area (Å²) in [5, 5.41) is 8.31. The fourth-order valence-corrected chi connectivity index (χ4v) is 1.80. The summed E-state index contributed by atoms with van der Waals surface area (Å²) >= 11 is 5.49. The van der Waals surface area contributed by atoms with Gasteiger partial charge in [0.25, 0.3) is 0 Å². The van der Waals surface area contributed by atoms with Crippen LogP contribution in [0.15, 0.2) is 0 Å². The van der Waals surface area contributed by atoms with Crippen molar-refractivity contribution in [1.29, 1.82) is 0 Å². The number of hydrogen-bond acceptors (Lipinski definition) is 4. The molecule has 0 aliphatic carbocycles. The van der Waals surface area contributed by atoms with Crippen LogP contribution in [0.3, 0.4) is 0 Å². The summed E-state index contributed by atoms with van der Waals surface area (Å²) in [6.07, 6.45) is 0. The second-order valence-electron chi connectivity index (χ2n) is 2.36. The molecule has 2 N–H and O–H groups in total. The number of carboxylic acid groups (broad SMARTS) is 1. The Labute approximate surface area is 96.9 Å². The molecule has 15 heavy (non-hydrogen) atoms. The van der Waals surface area contributed by atoms with E-state index in [1.807, 2.05) is 0 Å². The zero-order chi connectivity index (χ0) is 10.9. The van der Waals surface area contributed by atoms with Crippen LogP contribution in [0.1, 0.15) is 16.2 Å². The molecule has 6 nitrogen and oxygen atoms in total. The maximum atomic E-state index is 10.6. The van der Waals surface area contributed by atoms with E-state index in [4.69, 9.17) is 16.7 Å². The van der Waals surface area contributed by atoms with Crippen LogP contribution in [0.4, 0.5) is 0 Å². The van der Waals surface area contributed by atoms with Crippen LogP contribution in [-0.4, -0.2) is 29.5 Å². The first kappa shape index (κ1) is 13.9. The highest BCUT2D eigenvalue weighted by atomic mass is 35.5. The van der Waals surface area contributed by atoms with Crippen molar-refractivity contribution in [2.75, 3.05) is 0 Å². The quantitative estimate of drug-likeness (QED) is 0.585. The summed E-state index contributed by atoms with van der Waals surface area (Å²) in [4.78, 5) is 16.5. The number of carboxylic acids is 1. The smallest absolute Gasteiger partial charge is 0.342 e. The van der Waals surface area contributed by atoms with Crippen molar-refractivity contribution in [3.63, 3.8) is 0 Å². The molecule has 1 aromatic heterocycles. The van der Waals surface area contributed by atoms with Crippen molar-refractivity contribution in [2.45, 2.75) is 6.92 Å². The Bertz CT molecular complexity index is 555. The van der Waals surface area contributed by atoms with Gasteiger partial charge in [0, 0.05) is 0 Å². The molecule has 1 aromatic rings. The minimum atomic E-state index is -2.69. The number of hydrogen-bond donors (Lipinski definition) is 2. The number of aromatic amines is 1. The standard InChI is InChI=1S/C6H5ClN2O4S.ClH/c1-2-8-4(7)3(6(10)11)5(9-2)14(12)13;/h1H3,(H,8,9)(H,10,11);1H. The van der Waals surface area contributed by atoms with E-state index in [-0.39, 0.29) is 23.4 Å². The Hall–Kier alpha value is -1.05. The monoisotopic (exact) mass is 272 g/mol. The van der Waals surface area contributed by atoms with Gasteiger partial charge in [-0.2, -0.15) is 8.42 Å². The maximum absolute atomic E-state index is 10.6. The largest absolute Gasteiger partial charge is 0.477 e. The Morgan fingerprint density at radius 1 is 1.53 bits per heavy atom. The van der Waals surface area contributed by atoms with E-state index in [1.165, 1.54) is 6.92 Å². The summed E-state index contributed by atoms with van der Waals surface area (Å²) < 4.78 is 20.8. The molecule has 1 rings (SSSR count). The highest BCUT2D eigenvalue weighted by Gasteiger charge is 2.14. The van der Waals surface area contributed by atoms with Gasteiger partial charge in [0.2, 0.25) is 10.3 Å². The molecule has 0 aliphatic heterocycles. The SMILES string of the molecule is Cc1nc(Cl)c(C(=O)O)c(=S(=O)=O)[nH]1.Cl. The zero-order valence-corrected chi connectivity index (χ0v) is 9.70. The Kier molecular flexibility index (Phi) is 4.79. The first-order valence-corrected chi connectivity index (χ1v) is 4.80. The average molecular weight is 273 g/mol. The third-order valence-electron chi connectivity index (χ3n) is 1.37. The fourth-order valence-electron chi connectivity index (χ4n) is 0.862. The highest BCUT2D eigenvalue weighted by molar-refractivity contribution is 7.63. The molecule has 0 atom stereocenters. The van der Waals surface area contributed by atoms with E-state index in [0.29, 0.717) is 0 Å². The Morgan fingerprint density at radius 2 is 2.07 bits per heavy atom. The van der Waals surface area contributed by atoms with Gasteiger partial charge >= 0.3 is 5.97 Å². The molecule has 84 valence electrons. The first-order chi connectivity index (χ1) is 6.43. The van der Waals surface area contributed by atoms with E-state index in [0.717, 1.165) is 0 Å². The average Bonchev–Trinajstić information content (AvgIpc) is 2.01. The molecule has 0 spiro atoms. The van der Waals surface area contributed by atoms with Gasteiger partial charge in [-0.1, -0.05) is 11.6 Å². The molecule has 0 saturated heterocycles. The van der Waals surface area contributed by atoms with Gasteiger partial charge in [0.05, 0.1) is 0 Å². The minimum absolute atomic E-state index is 0.